The predicted octanol–water partition coefficient (Wildman–Crippen LogP) is 0.435. The van der Waals surface area contributed by atoms with Crippen molar-refractivity contribution in [2.75, 3.05) is 13.7 Å². The molecule has 0 aliphatic rings. The van der Waals surface area contributed by atoms with Gasteiger partial charge in [-0.15, -0.1) is 0 Å². The summed E-state index contributed by atoms with van der Waals surface area (Å²) in [7, 11) is 1.05. The second-order valence-electron chi connectivity index (χ2n) is 5.97. The second kappa shape index (κ2) is 11.1. The number of carbonyl (C=O) groups excluding carboxylic acids is 3. The van der Waals surface area contributed by atoms with Crippen LogP contribution in [0.15, 0.2) is 29.8 Å². The maximum atomic E-state index is 12.2. The monoisotopic (exact) mass is 396 g/mol. The summed E-state index contributed by atoms with van der Waals surface area (Å²) in [6, 6.07) is 4.17. The Morgan fingerprint density at radius 2 is 1.86 bits per heavy atom. The maximum absolute atomic E-state index is 12.2. The Bertz CT molecular complexity index is 724. The van der Waals surface area contributed by atoms with Gasteiger partial charge in [0.05, 0.1) is 20.1 Å². The SMILES string of the molecule is C/C=C(/C=O)[C@H](CC(=O)OCCc1ccc(O)c(O)c1)[C@@H](C(=O)OC)C(O)O. The van der Waals surface area contributed by atoms with Crippen LogP contribution in [0, 0.1) is 11.8 Å². The summed E-state index contributed by atoms with van der Waals surface area (Å²) in [5, 5.41) is 37.8. The van der Waals surface area contributed by atoms with Crippen molar-refractivity contribution in [2.45, 2.75) is 26.1 Å². The zero-order valence-corrected chi connectivity index (χ0v) is 15.6. The van der Waals surface area contributed by atoms with Crippen LogP contribution in [0.4, 0.5) is 0 Å². The number of aldehydes is 1. The number of aliphatic hydroxyl groups excluding tert-OH is 1. The number of phenolic OH excluding ortho intramolecular Hbond substituents is 2. The maximum Gasteiger partial charge on any atom is 0.314 e. The molecule has 0 saturated carbocycles. The molecule has 0 amide bonds. The van der Waals surface area contributed by atoms with Gasteiger partial charge in [-0.25, -0.2) is 0 Å². The number of phenols is 2. The Hall–Kier alpha value is -2.91. The van der Waals surface area contributed by atoms with E-state index in [1.54, 1.807) is 6.07 Å². The average Bonchev–Trinajstić information content (AvgIpc) is 2.65. The standard InChI is InChI=1S/C19H24O9/c1-3-12(10-20)13(17(18(24)25)19(26)27-2)9-16(23)28-7-6-11-4-5-14(21)15(22)8-11/h3-5,8,10,13,17-18,21-22,24-25H,6-7,9H2,1-2H3/b12-3-/t13-,17+/m0/s1. The summed E-state index contributed by atoms with van der Waals surface area (Å²) in [5.74, 6) is -4.99. The van der Waals surface area contributed by atoms with E-state index >= 15 is 0 Å². The minimum Gasteiger partial charge on any atom is -0.504 e. The molecular formula is C19H24O9. The minimum absolute atomic E-state index is 0.0314. The summed E-state index contributed by atoms with van der Waals surface area (Å²) < 4.78 is 9.62. The van der Waals surface area contributed by atoms with E-state index in [-0.39, 0.29) is 30.1 Å². The summed E-state index contributed by atoms with van der Waals surface area (Å²) >= 11 is 0. The highest BCUT2D eigenvalue weighted by molar-refractivity contribution is 5.82. The Balaban J connectivity index is 2.81. The molecule has 1 rings (SSSR count). The molecule has 0 aromatic heterocycles. The molecule has 154 valence electrons. The lowest BCUT2D eigenvalue weighted by Gasteiger charge is -2.26. The van der Waals surface area contributed by atoms with Crippen molar-refractivity contribution in [1.82, 2.24) is 0 Å². The first-order valence-corrected chi connectivity index (χ1v) is 8.46. The van der Waals surface area contributed by atoms with Crippen molar-refractivity contribution >= 4 is 18.2 Å². The second-order valence-corrected chi connectivity index (χ2v) is 5.97. The van der Waals surface area contributed by atoms with Gasteiger partial charge in [-0.2, -0.15) is 0 Å². The molecular weight excluding hydrogens is 372 g/mol. The summed E-state index contributed by atoms with van der Waals surface area (Å²) in [6.45, 7) is 1.45. The normalized spacial score (nSPS) is 13.7. The Kier molecular flexibility index (Phi) is 9.13. The Labute approximate surface area is 161 Å². The Morgan fingerprint density at radius 3 is 2.36 bits per heavy atom. The smallest absolute Gasteiger partial charge is 0.314 e. The first kappa shape index (κ1) is 23.1. The lowest BCUT2D eigenvalue weighted by atomic mass is 9.83. The van der Waals surface area contributed by atoms with Crippen LogP contribution in [-0.2, 0) is 30.3 Å². The fourth-order valence-corrected chi connectivity index (χ4v) is 2.70. The van der Waals surface area contributed by atoms with E-state index in [2.05, 4.69) is 4.74 Å². The van der Waals surface area contributed by atoms with Crippen LogP contribution in [0.1, 0.15) is 18.9 Å². The van der Waals surface area contributed by atoms with Gasteiger partial charge in [-0.3, -0.25) is 14.4 Å². The van der Waals surface area contributed by atoms with E-state index in [0.717, 1.165) is 7.11 Å². The molecule has 0 aliphatic heterocycles. The van der Waals surface area contributed by atoms with Crippen LogP contribution in [0.5, 0.6) is 11.5 Å². The van der Waals surface area contributed by atoms with E-state index in [0.29, 0.717) is 11.8 Å². The largest absolute Gasteiger partial charge is 0.504 e. The molecule has 0 spiro atoms. The van der Waals surface area contributed by atoms with Crippen LogP contribution < -0.4 is 0 Å². The summed E-state index contributed by atoms with van der Waals surface area (Å²) in [6.07, 6.45) is -0.549. The van der Waals surface area contributed by atoms with Gasteiger partial charge in [-0.1, -0.05) is 12.1 Å². The minimum atomic E-state index is -2.14. The van der Waals surface area contributed by atoms with Crippen molar-refractivity contribution in [3.63, 3.8) is 0 Å². The van der Waals surface area contributed by atoms with Gasteiger partial charge in [0.15, 0.2) is 17.8 Å². The molecule has 0 saturated heterocycles. The Morgan fingerprint density at radius 1 is 1.18 bits per heavy atom. The van der Waals surface area contributed by atoms with Gasteiger partial charge >= 0.3 is 11.9 Å². The fourth-order valence-electron chi connectivity index (χ4n) is 2.70. The zero-order chi connectivity index (χ0) is 21.3. The van der Waals surface area contributed by atoms with E-state index < -0.39 is 36.5 Å². The number of esters is 2. The van der Waals surface area contributed by atoms with Crippen LogP contribution in [0.25, 0.3) is 0 Å². The topological polar surface area (TPSA) is 151 Å². The molecule has 2 atom stereocenters. The van der Waals surface area contributed by atoms with Crippen molar-refractivity contribution in [1.29, 1.82) is 0 Å². The highest BCUT2D eigenvalue weighted by atomic mass is 16.5. The predicted molar refractivity (Wildman–Crippen MR) is 96.1 cm³/mol. The molecule has 28 heavy (non-hydrogen) atoms. The molecule has 1 aromatic rings. The molecule has 4 N–H and O–H groups in total. The van der Waals surface area contributed by atoms with Gasteiger partial charge in [0, 0.05) is 12.3 Å². The lowest BCUT2D eigenvalue weighted by Crippen LogP contribution is -2.38. The highest BCUT2D eigenvalue weighted by Gasteiger charge is 2.38. The van der Waals surface area contributed by atoms with Gasteiger partial charge in [0.1, 0.15) is 12.2 Å². The van der Waals surface area contributed by atoms with Crippen LogP contribution >= 0.6 is 0 Å². The number of hydrogen-bond donors (Lipinski definition) is 4. The first-order chi connectivity index (χ1) is 13.2. The average molecular weight is 396 g/mol. The fraction of sp³-hybridized carbons (Fsp3) is 0.421. The molecule has 0 bridgehead atoms. The number of carbonyl (C=O) groups is 3. The number of aromatic hydroxyl groups is 2. The van der Waals surface area contributed by atoms with E-state index in [4.69, 9.17) is 4.74 Å². The number of allylic oxidation sites excluding steroid dienone is 2. The van der Waals surface area contributed by atoms with Crippen LogP contribution in [-0.4, -0.2) is 58.7 Å². The van der Waals surface area contributed by atoms with E-state index in [9.17, 15) is 34.8 Å². The lowest BCUT2D eigenvalue weighted by molar-refractivity contribution is -0.167. The van der Waals surface area contributed by atoms with Crippen LogP contribution in [0.2, 0.25) is 0 Å². The number of benzene rings is 1. The molecule has 0 fully saturated rings. The number of ether oxygens (including phenoxy) is 2. The molecule has 0 radical (unpaired) electrons. The number of rotatable bonds is 10. The van der Waals surface area contributed by atoms with Gasteiger partial charge in [0.2, 0.25) is 0 Å². The van der Waals surface area contributed by atoms with Crippen molar-refractivity contribution in [2.24, 2.45) is 11.8 Å². The van der Waals surface area contributed by atoms with Gasteiger partial charge < -0.3 is 29.9 Å². The third-order valence-corrected chi connectivity index (χ3v) is 4.21. The molecule has 0 aliphatic carbocycles. The third-order valence-electron chi connectivity index (χ3n) is 4.21. The molecule has 0 unspecified atom stereocenters. The van der Waals surface area contributed by atoms with Crippen molar-refractivity contribution < 1.29 is 44.3 Å². The zero-order valence-electron chi connectivity index (χ0n) is 15.6. The van der Waals surface area contributed by atoms with Gasteiger partial charge in [0.25, 0.3) is 0 Å². The van der Waals surface area contributed by atoms with Gasteiger partial charge in [-0.05, 0) is 30.2 Å². The molecule has 9 heteroatoms. The quantitative estimate of drug-likeness (QED) is 0.145. The number of hydrogen-bond acceptors (Lipinski definition) is 9. The van der Waals surface area contributed by atoms with Crippen LogP contribution in [0.3, 0.4) is 0 Å². The number of aliphatic hydroxyl groups is 2. The highest BCUT2D eigenvalue weighted by Crippen LogP contribution is 2.28. The number of methoxy groups -OCH3 is 1. The molecule has 1 aromatic carbocycles. The third kappa shape index (κ3) is 6.36. The summed E-state index contributed by atoms with van der Waals surface area (Å²) in [4.78, 5) is 35.3. The molecule has 0 heterocycles. The van der Waals surface area contributed by atoms with Crippen molar-refractivity contribution in [3.8, 4) is 11.5 Å². The van der Waals surface area contributed by atoms with Crippen molar-refractivity contribution in [3.05, 3.63) is 35.4 Å². The summed E-state index contributed by atoms with van der Waals surface area (Å²) in [5.41, 5.74) is 0.642. The van der Waals surface area contributed by atoms with E-state index in [1.165, 1.54) is 25.1 Å². The van der Waals surface area contributed by atoms with E-state index in [1.807, 2.05) is 0 Å². The first-order valence-electron chi connectivity index (χ1n) is 8.46. The molecule has 9 nitrogen and oxygen atoms in total.